The molecule has 1 rings (SSSR count). The summed E-state index contributed by atoms with van der Waals surface area (Å²) in [5.74, 6) is -0.0377. The van der Waals surface area contributed by atoms with E-state index in [0.29, 0.717) is 5.75 Å². The number of aryl methyl sites for hydroxylation is 1. The van der Waals surface area contributed by atoms with Gasteiger partial charge in [-0.3, -0.25) is 10.1 Å². The van der Waals surface area contributed by atoms with Crippen LogP contribution in [0.15, 0.2) is 18.2 Å². The van der Waals surface area contributed by atoms with Gasteiger partial charge in [0.2, 0.25) is 5.91 Å². The molecule has 0 heterocycles. The van der Waals surface area contributed by atoms with E-state index in [0.717, 1.165) is 11.1 Å². The van der Waals surface area contributed by atoms with Gasteiger partial charge in [-0.05, 0) is 26.8 Å². The smallest absolute Gasteiger partial charge is 0.405 e. The lowest BCUT2D eigenvalue weighted by Gasteiger charge is -2.22. The van der Waals surface area contributed by atoms with Gasteiger partial charge in [0.25, 0.3) is 0 Å². The van der Waals surface area contributed by atoms with E-state index < -0.39 is 24.7 Å². The van der Waals surface area contributed by atoms with Gasteiger partial charge in [-0.25, -0.2) is 0 Å². The summed E-state index contributed by atoms with van der Waals surface area (Å²) < 4.78 is 41.6. The number of benzene rings is 1. The minimum absolute atomic E-state index is 0.249. The highest BCUT2D eigenvalue weighted by atomic mass is 19.4. The van der Waals surface area contributed by atoms with Crippen LogP contribution < -0.4 is 15.4 Å². The molecule has 0 spiro atoms. The Morgan fingerprint density at radius 2 is 1.95 bits per heavy atom. The SMILES string of the molecule is COc1ccc(C)cc1C(C)NC(C)C(=O)NCC(F)(F)F. The van der Waals surface area contributed by atoms with Crippen LogP contribution in [0.2, 0.25) is 0 Å². The van der Waals surface area contributed by atoms with E-state index in [2.05, 4.69) is 5.32 Å². The molecule has 0 aliphatic rings. The predicted octanol–water partition coefficient (Wildman–Crippen LogP) is 2.72. The van der Waals surface area contributed by atoms with Crippen molar-refractivity contribution in [1.82, 2.24) is 10.6 Å². The van der Waals surface area contributed by atoms with E-state index in [1.54, 1.807) is 7.11 Å². The monoisotopic (exact) mass is 318 g/mol. The van der Waals surface area contributed by atoms with Gasteiger partial charge in [0.15, 0.2) is 0 Å². The third-order valence-electron chi connectivity index (χ3n) is 3.21. The Kier molecular flexibility index (Phi) is 6.22. The molecule has 1 amide bonds. The lowest BCUT2D eigenvalue weighted by Crippen LogP contribution is -2.45. The first kappa shape index (κ1) is 18.3. The molecule has 0 saturated carbocycles. The highest BCUT2D eigenvalue weighted by Gasteiger charge is 2.29. The zero-order chi connectivity index (χ0) is 16.9. The summed E-state index contributed by atoms with van der Waals surface area (Å²) in [5, 5.41) is 4.84. The Balaban J connectivity index is 2.69. The number of hydrogen-bond donors (Lipinski definition) is 2. The van der Waals surface area contributed by atoms with E-state index in [9.17, 15) is 18.0 Å². The van der Waals surface area contributed by atoms with E-state index in [1.807, 2.05) is 37.4 Å². The van der Waals surface area contributed by atoms with Crippen LogP contribution in [0.1, 0.15) is 31.0 Å². The number of hydrogen-bond acceptors (Lipinski definition) is 3. The number of carbonyl (C=O) groups excluding carboxylic acids is 1. The number of alkyl halides is 3. The first-order valence-electron chi connectivity index (χ1n) is 6.89. The quantitative estimate of drug-likeness (QED) is 0.848. The molecule has 0 fully saturated rings. The van der Waals surface area contributed by atoms with Crippen molar-refractivity contribution in [2.24, 2.45) is 0 Å². The minimum Gasteiger partial charge on any atom is -0.496 e. The predicted molar refractivity (Wildman–Crippen MR) is 77.8 cm³/mol. The molecular weight excluding hydrogens is 297 g/mol. The lowest BCUT2D eigenvalue weighted by atomic mass is 10.0. The molecule has 124 valence electrons. The van der Waals surface area contributed by atoms with Crippen molar-refractivity contribution in [3.05, 3.63) is 29.3 Å². The third-order valence-corrected chi connectivity index (χ3v) is 3.21. The van der Waals surface area contributed by atoms with Crippen LogP contribution in [0.3, 0.4) is 0 Å². The molecule has 0 aliphatic carbocycles. The molecule has 2 unspecified atom stereocenters. The van der Waals surface area contributed by atoms with Crippen LogP contribution in [0.4, 0.5) is 13.2 Å². The van der Waals surface area contributed by atoms with Gasteiger partial charge < -0.3 is 10.1 Å². The Bertz CT molecular complexity index is 518. The van der Waals surface area contributed by atoms with Gasteiger partial charge in [0, 0.05) is 11.6 Å². The van der Waals surface area contributed by atoms with Crippen LogP contribution in [0, 0.1) is 6.92 Å². The Labute approximate surface area is 128 Å². The Hall–Kier alpha value is -1.76. The number of rotatable bonds is 6. The van der Waals surface area contributed by atoms with Crippen molar-refractivity contribution in [3.63, 3.8) is 0 Å². The molecule has 2 N–H and O–H groups in total. The van der Waals surface area contributed by atoms with Crippen LogP contribution in [0.25, 0.3) is 0 Å². The van der Waals surface area contributed by atoms with E-state index in [4.69, 9.17) is 4.74 Å². The number of carbonyl (C=O) groups is 1. The van der Waals surface area contributed by atoms with Crippen LogP contribution in [-0.4, -0.2) is 31.8 Å². The maximum atomic E-state index is 12.1. The molecule has 1 aromatic carbocycles. The number of methoxy groups -OCH3 is 1. The first-order chi connectivity index (χ1) is 10.1. The maximum absolute atomic E-state index is 12.1. The maximum Gasteiger partial charge on any atom is 0.405 e. The number of ether oxygens (including phenoxy) is 1. The first-order valence-corrected chi connectivity index (χ1v) is 6.89. The summed E-state index contributed by atoms with van der Waals surface area (Å²) in [6.45, 7) is 3.93. The molecule has 0 aromatic heterocycles. The Morgan fingerprint density at radius 1 is 1.32 bits per heavy atom. The second kappa shape index (κ2) is 7.49. The molecule has 22 heavy (non-hydrogen) atoms. The molecule has 0 radical (unpaired) electrons. The third kappa shape index (κ3) is 5.55. The molecule has 1 aromatic rings. The van der Waals surface area contributed by atoms with Crippen molar-refractivity contribution in [3.8, 4) is 5.75 Å². The van der Waals surface area contributed by atoms with Crippen molar-refractivity contribution in [2.75, 3.05) is 13.7 Å². The highest BCUT2D eigenvalue weighted by Crippen LogP contribution is 2.26. The van der Waals surface area contributed by atoms with Crippen molar-refractivity contribution < 1.29 is 22.7 Å². The fourth-order valence-electron chi connectivity index (χ4n) is 2.07. The fourth-order valence-corrected chi connectivity index (χ4v) is 2.07. The summed E-state index contributed by atoms with van der Waals surface area (Å²) >= 11 is 0. The lowest BCUT2D eigenvalue weighted by molar-refractivity contribution is -0.139. The average Bonchev–Trinajstić information content (AvgIpc) is 2.43. The van der Waals surface area contributed by atoms with Crippen LogP contribution in [0.5, 0.6) is 5.75 Å². The fraction of sp³-hybridized carbons (Fsp3) is 0.533. The molecule has 0 saturated heterocycles. The number of nitrogens with one attached hydrogen (secondary N) is 2. The summed E-state index contributed by atoms with van der Waals surface area (Å²) in [6.07, 6.45) is -4.42. The summed E-state index contributed by atoms with van der Waals surface area (Å²) in [5.41, 5.74) is 1.87. The normalized spacial score (nSPS) is 14.3. The second-order valence-electron chi connectivity index (χ2n) is 5.19. The van der Waals surface area contributed by atoms with Gasteiger partial charge in [-0.2, -0.15) is 13.2 Å². The van der Waals surface area contributed by atoms with Gasteiger partial charge >= 0.3 is 6.18 Å². The summed E-state index contributed by atoms with van der Waals surface area (Å²) in [4.78, 5) is 11.7. The van der Waals surface area contributed by atoms with Crippen molar-refractivity contribution >= 4 is 5.91 Å². The van der Waals surface area contributed by atoms with Crippen molar-refractivity contribution in [1.29, 1.82) is 0 Å². The summed E-state index contributed by atoms with van der Waals surface area (Å²) in [6, 6.07) is 4.62. The van der Waals surface area contributed by atoms with Crippen LogP contribution >= 0.6 is 0 Å². The molecule has 0 aliphatic heterocycles. The molecule has 0 bridgehead atoms. The molecule has 7 heteroatoms. The van der Waals surface area contributed by atoms with E-state index in [1.165, 1.54) is 6.92 Å². The standard InChI is InChI=1S/C15H21F3N2O2/c1-9-5-6-13(22-4)12(7-9)10(2)20-11(3)14(21)19-8-15(16,17)18/h5-7,10-11,20H,8H2,1-4H3,(H,19,21). The minimum atomic E-state index is -4.42. The highest BCUT2D eigenvalue weighted by molar-refractivity contribution is 5.81. The molecule has 4 nitrogen and oxygen atoms in total. The second-order valence-corrected chi connectivity index (χ2v) is 5.19. The van der Waals surface area contributed by atoms with E-state index >= 15 is 0 Å². The molecular formula is C15H21F3N2O2. The summed E-state index contributed by atoms with van der Waals surface area (Å²) in [7, 11) is 1.54. The van der Waals surface area contributed by atoms with Gasteiger partial charge in [0.1, 0.15) is 12.3 Å². The molecule has 2 atom stereocenters. The van der Waals surface area contributed by atoms with Crippen LogP contribution in [-0.2, 0) is 4.79 Å². The zero-order valence-corrected chi connectivity index (χ0v) is 13.0. The average molecular weight is 318 g/mol. The number of halogens is 3. The van der Waals surface area contributed by atoms with Gasteiger partial charge in [-0.1, -0.05) is 17.7 Å². The van der Waals surface area contributed by atoms with E-state index in [-0.39, 0.29) is 6.04 Å². The number of amides is 1. The zero-order valence-electron chi connectivity index (χ0n) is 13.0. The van der Waals surface area contributed by atoms with Gasteiger partial charge in [0.05, 0.1) is 13.2 Å². The van der Waals surface area contributed by atoms with Gasteiger partial charge in [-0.15, -0.1) is 0 Å². The largest absolute Gasteiger partial charge is 0.496 e. The van der Waals surface area contributed by atoms with Crippen molar-refractivity contribution in [2.45, 2.75) is 39.0 Å². The Morgan fingerprint density at radius 3 is 2.50 bits per heavy atom. The topological polar surface area (TPSA) is 50.4 Å².